The second kappa shape index (κ2) is 7.20. The van der Waals surface area contributed by atoms with Crippen LogP contribution in [0.25, 0.3) is 0 Å². The monoisotopic (exact) mass is 253 g/mol. The van der Waals surface area contributed by atoms with Crippen molar-refractivity contribution in [1.29, 1.82) is 0 Å². The van der Waals surface area contributed by atoms with Crippen molar-refractivity contribution in [2.75, 3.05) is 13.2 Å². The second-order valence-corrected chi connectivity index (χ2v) is 3.90. The van der Waals surface area contributed by atoms with E-state index in [0.29, 0.717) is 6.61 Å². The molecule has 3 nitrogen and oxygen atoms in total. The van der Waals surface area contributed by atoms with Gasteiger partial charge in [0.05, 0.1) is 6.61 Å². The summed E-state index contributed by atoms with van der Waals surface area (Å²) in [5, 5.41) is 8.60. The zero-order chi connectivity index (χ0) is 13.3. The minimum atomic E-state index is -0.123. The molecule has 1 aromatic carbocycles. The van der Waals surface area contributed by atoms with Crippen LogP contribution in [0.3, 0.4) is 0 Å². The number of aromatic nitrogens is 1. The van der Waals surface area contributed by atoms with Crippen molar-refractivity contribution in [1.82, 2.24) is 4.98 Å². The highest BCUT2D eigenvalue weighted by Crippen LogP contribution is 2.11. The average molecular weight is 253 g/mol. The normalized spacial score (nSPS) is 9.53. The number of nitrogens with zero attached hydrogens (tertiary/aromatic N) is 1. The lowest BCUT2D eigenvalue weighted by Crippen LogP contribution is -2.02. The Morgan fingerprint density at radius 1 is 1.11 bits per heavy atom. The maximum absolute atomic E-state index is 8.60. The molecule has 0 unspecified atom stereocenters. The highest BCUT2D eigenvalue weighted by molar-refractivity contribution is 5.38. The fourth-order valence-electron chi connectivity index (χ4n) is 1.60. The Morgan fingerprint density at radius 3 is 2.63 bits per heavy atom. The van der Waals surface area contributed by atoms with Crippen LogP contribution >= 0.6 is 0 Å². The molecule has 0 saturated carbocycles. The van der Waals surface area contributed by atoms with Crippen molar-refractivity contribution in [2.24, 2.45) is 0 Å². The summed E-state index contributed by atoms with van der Waals surface area (Å²) in [6.07, 6.45) is 2.57. The number of pyridine rings is 1. The van der Waals surface area contributed by atoms with Crippen LogP contribution < -0.4 is 4.74 Å². The van der Waals surface area contributed by atoms with Crippen LogP contribution in [0, 0.1) is 11.8 Å². The van der Waals surface area contributed by atoms with Crippen LogP contribution in [0.15, 0.2) is 48.7 Å². The molecular formula is C16H15NO2. The van der Waals surface area contributed by atoms with Gasteiger partial charge in [0.2, 0.25) is 0 Å². The maximum atomic E-state index is 8.60. The van der Waals surface area contributed by atoms with E-state index in [-0.39, 0.29) is 6.61 Å². The van der Waals surface area contributed by atoms with Crippen LogP contribution in [0.4, 0.5) is 0 Å². The molecule has 2 aromatic rings. The molecule has 2 rings (SSSR count). The molecule has 1 N–H and O–H groups in total. The van der Waals surface area contributed by atoms with Crippen molar-refractivity contribution in [3.63, 3.8) is 0 Å². The highest BCUT2D eigenvalue weighted by atomic mass is 16.5. The SMILES string of the molecule is OCC#Cc1ccc(OCCc2ccccn2)cc1. The zero-order valence-corrected chi connectivity index (χ0v) is 10.5. The molecule has 19 heavy (non-hydrogen) atoms. The molecule has 0 radical (unpaired) electrons. The molecule has 0 aliphatic rings. The Hall–Kier alpha value is -2.31. The molecule has 3 heteroatoms. The molecule has 0 spiro atoms. The lowest BCUT2D eigenvalue weighted by Gasteiger charge is -2.05. The third-order valence-electron chi connectivity index (χ3n) is 2.52. The summed E-state index contributed by atoms with van der Waals surface area (Å²) in [7, 11) is 0. The van der Waals surface area contributed by atoms with E-state index in [9.17, 15) is 0 Å². The van der Waals surface area contributed by atoms with E-state index >= 15 is 0 Å². The van der Waals surface area contributed by atoms with Crippen molar-refractivity contribution in [2.45, 2.75) is 6.42 Å². The Morgan fingerprint density at radius 2 is 1.95 bits per heavy atom. The first-order valence-electron chi connectivity index (χ1n) is 6.11. The predicted octanol–water partition coefficient (Wildman–Crippen LogP) is 2.05. The van der Waals surface area contributed by atoms with Crippen LogP contribution in [-0.4, -0.2) is 23.3 Å². The van der Waals surface area contributed by atoms with Gasteiger partial charge in [0.15, 0.2) is 0 Å². The van der Waals surface area contributed by atoms with Gasteiger partial charge in [-0.3, -0.25) is 4.98 Å². The van der Waals surface area contributed by atoms with E-state index in [4.69, 9.17) is 9.84 Å². The molecule has 1 heterocycles. The molecule has 0 saturated heterocycles. The van der Waals surface area contributed by atoms with E-state index in [2.05, 4.69) is 16.8 Å². The van der Waals surface area contributed by atoms with Crippen molar-refractivity contribution >= 4 is 0 Å². The van der Waals surface area contributed by atoms with Crippen LogP contribution in [-0.2, 0) is 6.42 Å². The maximum Gasteiger partial charge on any atom is 0.119 e. The van der Waals surface area contributed by atoms with E-state index in [0.717, 1.165) is 23.4 Å². The van der Waals surface area contributed by atoms with Gasteiger partial charge in [0.1, 0.15) is 12.4 Å². The van der Waals surface area contributed by atoms with Crippen LogP contribution in [0.2, 0.25) is 0 Å². The predicted molar refractivity (Wildman–Crippen MR) is 73.8 cm³/mol. The van der Waals surface area contributed by atoms with E-state index in [1.165, 1.54) is 0 Å². The fraction of sp³-hybridized carbons (Fsp3) is 0.188. The Bertz CT molecular complexity index is 553. The van der Waals surface area contributed by atoms with Gasteiger partial charge in [-0.1, -0.05) is 17.9 Å². The summed E-state index contributed by atoms with van der Waals surface area (Å²) >= 11 is 0. The molecule has 0 fully saturated rings. The number of benzene rings is 1. The Labute approximate surface area is 112 Å². The van der Waals surface area contributed by atoms with Crippen molar-refractivity contribution in [3.8, 4) is 17.6 Å². The molecule has 0 bridgehead atoms. The summed E-state index contributed by atoms with van der Waals surface area (Å²) in [5.74, 6) is 6.25. The summed E-state index contributed by atoms with van der Waals surface area (Å²) in [6, 6.07) is 13.3. The molecule has 1 aromatic heterocycles. The minimum Gasteiger partial charge on any atom is -0.493 e. The number of hydrogen-bond donors (Lipinski definition) is 1. The summed E-state index contributed by atoms with van der Waals surface area (Å²) in [6.45, 7) is 0.473. The number of hydrogen-bond acceptors (Lipinski definition) is 3. The summed E-state index contributed by atoms with van der Waals surface area (Å²) in [5.41, 5.74) is 1.89. The third kappa shape index (κ3) is 4.46. The number of ether oxygens (including phenoxy) is 1. The topological polar surface area (TPSA) is 42.4 Å². The molecule has 0 amide bonds. The van der Waals surface area contributed by atoms with E-state index in [1.807, 2.05) is 42.5 Å². The number of rotatable bonds is 4. The zero-order valence-electron chi connectivity index (χ0n) is 10.5. The first-order chi connectivity index (χ1) is 9.38. The standard InChI is InChI=1S/C16H15NO2/c18-12-3-4-14-6-8-16(9-7-14)19-13-10-15-5-1-2-11-17-15/h1-2,5-9,11,18H,10,12-13H2. The van der Waals surface area contributed by atoms with E-state index < -0.39 is 0 Å². The number of aliphatic hydroxyl groups excluding tert-OH is 1. The highest BCUT2D eigenvalue weighted by Gasteiger charge is 1.96. The number of aliphatic hydroxyl groups is 1. The quantitative estimate of drug-likeness (QED) is 0.848. The van der Waals surface area contributed by atoms with Gasteiger partial charge in [-0.05, 0) is 36.4 Å². The van der Waals surface area contributed by atoms with Crippen molar-refractivity contribution in [3.05, 3.63) is 59.9 Å². The van der Waals surface area contributed by atoms with Gasteiger partial charge in [0.25, 0.3) is 0 Å². The lowest BCUT2D eigenvalue weighted by molar-refractivity contribution is 0.320. The first-order valence-corrected chi connectivity index (χ1v) is 6.11. The molecule has 0 aliphatic carbocycles. The van der Waals surface area contributed by atoms with Crippen molar-refractivity contribution < 1.29 is 9.84 Å². The van der Waals surface area contributed by atoms with Gasteiger partial charge >= 0.3 is 0 Å². The summed E-state index contributed by atoms with van der Waals surface area (Å²) in [4.78, 5) is 4.24. The fourth-order valence-corrected chi connectivity index (χ4v) is 1.60. The van der Waals surface area contributed by atoms with Gasteiger partial charge in [-0.2, -0.15) is 0 Å². The Kier molecular flexibility index (Phi) is 4.97. The molecular weight excluding hydrogens is 238 g/mol. The second-order valence-electron chi connectivity index (χ2n) is 3.90. The largest absolute Gasteiger partial charge is 0.493 e. The Balaban J connectivity index is 1.83. The molecule has 96 valence electrons. The van der Waals surface area contributed by atoms with Gasteiger partial charge in [0, 0.05) is 23.9 Å². The smallest absolute Gasteiger partial charge is 0.119 e. The molecule has 0 aliphatic heterocycles. The third-order valence-corrected chi connectivity index (χ3v) is 2.52. The minimum absolute atomic E-state index is 0.123. The van der Waals surface area contributed by atoms with Crippen LogP contribution in [0.1, 0.15) is 11.3 Å². The van der Waals surface area contributed by atoms with Gasteiger partial charge in [-0.25, -0.2) is 0 Å². The van der Waals surface area contributed by atoms with Gasteiger partial charge < -0.3 is 9.84 Å². The average Bonchev–Trinajstić information content (AvgIpc) is 2.47. The summed E-state index contributed by atoms with van der Waals surface area (Å²) < 4.78 is 5.63. The first kappa shape index (κ1) is 13.1. The van der Waals surface area contributed by atoms with Gasteiger partial charge in [-0.15, -0.1) is 0 Å². The van der Waals surface area contributed by atoms with E-state index in [1.54, 1.807) is 6.20 Å². The van der Waals surface area contributed by atoms with Crippen LogP contribution in [0.5, 0.6) is 5.75 Å². The molecule has 0 atom stereocenters. The lowest BCUT2D eigenvalue weighted by atomic mass is 10.2.